The quantitative estimate of drug-likeness (QED) is 0.158. The van der Waals surface area contributed by atoms with Crippen LogP contribution in [-0.4, -0.2) is 32.1 Å². The lowest BCUT2D eigenvalue weighted by Crippen LogP contribution is -2.27. The van der Waals surface area contributed by atoms with Crippen molar-refractivity contribution in [1.82, 2.24) is 10.5 Å². The van der Waals surface area contributed by atoms with Gasteiger partial charge in [-0.3, -0.25) is 9.00 Å². The van der Waals surface area contributed by atoms with Crippen LogP contribution in [0, 0.1) is 0 Å². The Labute approximate surface area is 263 Å². The van der Waals surface area contributed by atoms with Crippen molar-refractivity contribution in [3.05, 3.63) is 123 Å². The lowest BCUT2D eigenvalue weighted by Gasteiger charge is -2.21. The molecule has 0 aliphatic carbocycles. The van der Waals surface area contributed by atoms with E-state index < -0.39 is 11.1 Å². The van der Waals surface area contributed by atoms with Gasteiger partial charge in [0.1, 0.15) is 0 Å². The molecule has 0 saturated carbocycles. The molecule has 2 heterocycles. The van der Waals surface area contributed by atoms with Gasteiger partial charge in [0.15, 0.2) is 5.76 Å². The number of thiophene rings is 1. The van der Waals surface area contributed by atoms with Gasteiger partial charge >= 0.3 is 0 Å². The molecule has 43 heavy (non-hydrogen) atoms. The molecule has 0 saturated heterocycles. The smallest absolute Gasteiger partial charge is 0.251 e. The number of nitrogens with zero attached hydrogens (tertiary/aromatic N) is 1. The summed E-state index contributed by atoms with van der Waals surface area (Å²) in [7, 11) is 0. The second-order valence-electron chi connectivity index (χ2n) is 11.4. The molecule has 1 amide bonds. The zero-order chi connectivity index (χ0) is 30.6. The zero-order valence-electron chi connectivity index (χ0n) is 24.1. The lowest BCUT2D eigenvalue weighted by atomic mass is 9.83. The van der Waals surface area contributed by atoms with Gasteiger partial charge in [0.2, 0.25) is 0 Å². The van der Waals surface area contributed by atoms with Crippen LogP contribution in [0.2, 0.25) is 5.02 Å². The van der Waals surface area contributed by atoms with Crippen molar-refractivity contribution in [2.24, 2.45) is 0 Å². The Bertz CT molecular complexity index is 1700. The first-order valence-corrected chi connectivity index (χ1v) is 16.4. The summed E-state index contributed by atoms with van der Waals surface area (Å²) in [5, 5.41) is 9.96. The summed E-state index contributed by atoms with van der Waals surface area (Å²) in [4.78, 5) is 13.4. The number of halogens is 1. The number of amides is 1. The standard InChI is InChI=1S/C34H33ClN2O4S2/c1-34(2,3)27-12-8-24(9-13-27)29(18-22-4-6-25(7-5-22)33(38)36-16-17-43(39)40)30-20-31(41-37-30)32-19-26(21-42-32)23-10-14-28(35)15-11-23/h4-15,19-21,29H,16-18H2,1-3H3,(H,36,38)(H,39,40)/p-1. The maximum Gasteiger partial charge on any atom is 0.251 e. The largest absolute Gasteiger partial charge is 0.772 e. The molecule has 0 fully saturated rings. The van der Waals surface area contributed by atoms with Crippen LogP contribution in [0.3, 0.4) is 0 Å². The molecule has 0 bridgehead atoms. The summed E-state index contributed by atoms with van der Waals surface area (Å²) in [5.74, 6) is 0.213. The minimum Gasteiger partial charge on any atom is -0.772 e. The predicted octanol–water partition coefficient (Wildman–Crippen LogP) is 8.00. The Morgan fingerprint density at radius 2 is 1.70 bits per heavy atom. The summed E-state index contributed by atoms with van der Waals surface area (Å²) in [6.45, 7) is 6.66. The van der Waals surface area contributed by atoms with Crippen LogP contribution in [0.4, 0.5) is 0 Å². The van der Waals surface area contributed by atoms with E-state index in [2.05, 4.69) is 67.0 Å². The molecule has 1 N–H and O–H groups in total. The second-order valence-corrected chi connectivity index (χ2v) is 13.8. The maximum atomic E-state index is 12.4. The van der Waals surface area contributed by atoms with Crippen LogP contribution in [0.25, 0.3) is 21.8 Å². The van der Waals surface area contributed by atoms with E-state index in [1.54, 1.807) is 23.5 Å². The second kappa shape index (κ2) is 13.4. The Kier molecular flexibility index (Phi) is 9.62. The Morgan fingerprint density at radius 3 is 2.35 bits per heavy atom. The molecule has 2 aromatic heterocycles. The highest BCUT2D eigenvalue weighted by Crippen LogP contribution is 2.36. The Balaban J connectivity index is 1.40. The number of aromatic nitrogens is 1. The first-order chi connectivity index (χ1) is 20.6. The van der Waals surface area contributed by atoms with Gasteiger partial charge in [-0.15, -0.1) is 11.3 Å². The summed E-state index contributed by atoms with van der Waals surface area (Å²) in [6.07, 6.45) is 0.651. The maximum absolute atomic E-state index is 12.4. The lowest BCUT2D eigenvalue weighted by molar-refractivity contribution is 0.0956. The van der Waals surface area contributed by atoms with Gasteiger partial charge in [0.25, 0.3) is 5.91 Å². The molecule has 0 radical (unpaired) electrons. The van der Waals surface area contributed by atoms with E-state index >= 15 is 0 Å². The molecular weight excluding hydrogens is 600 g/mol. The monoisotopic (exact) mass is 631 g/mol. The summed E-state index contributed by atoms with van der Waals surface area (Å²) < 4.78 is 27.4. The number of nitrogens with one attached hydrogen (secondary N) is 1. The number of carbonyl (C=O) groups excluding carboxylic acids is 1. The van der Waals surface area contributed by atoms with Crippen molar-refractivity contribution < 1.29 is 18.1 Å². The van der Waals surface area contributed by atoms with Crippen molar-refractivity contribution in [3.63, 3.8) is 0 Å². The molecule has 5 rings (SSSR count). The molecule has 2 unspecified atom stereocenters. The number of benzene rings is 3. The van der Waals surface area contributed by atoms with Crippen LogP contribution in [-0.2, 0) is 22.9 Å². The first-order valence-electron chi connectivity index (χ1n) is 13.9. The van der Waals surface area contributed by atoms with E-state index in [1.165, 1.54) is 5.56 Å². The minimum atomic E-state index is -2.19. The average molecular weight is 632 g/mol. The van der Waals surface area contributed by atoms with Crippen molar-refractivity contribution in [2.75, 3.05) is 12.3 Å². The average Bonchev–Trinajstić information content (AvgIpc) is 3.67. The fourth-order valence-corrected chi connectivity index (χ4v) is 6.07. The van der Waals surface area contributed by atoms with Crippen molar-refractivity contribution in [1.29, 1.82) is 0 Å². The number of hydrogen-bond acceptors (Lipinski definition) is 6. The first kappa shape index (κ1) is 30.9. The van der Waals surface area contributed by atoms with E-state index in [0.29, 0.717) is 22.8 Å². The fraction of sp³-hybridized carbons (Fsp3) is 0.235. The van der Waals surface area contributed by atoms with Gasteiger partial charge in [0, 0.05) is 34.9 Å². The molecule has 3 aromatic carbocycles. The molecular formula is C34H32ClN2O4S2-. The highest BCUT2D eigenvalue weighted by atomic mass is 35.5. The predicted molar refractivity (Wildman–Crippen MR) is 174 cm³/mol. The van der Waals surface area contributed by atoms with E-state index in [-0.39, 0.29) is 29.5 Å². The SMILES string of the molecule is CC(C)(C)c1ccc(C(Cc2ccc(C(=O)NCCS(=O)[O-])cc2)c2cc(-c3cc(-c4ccc(Cl)cc4)cs3)on2)cc1. The molecule has 222 valence electrons. The fourth-order valence-electron chi connectivity index (χ4n) is 4.81. The molecule has 5 aromatic rings. The Morgan fingerprint density at radius 1 is 1.00 bits per heavy atom. The van der Waals surface area contributed by atoms with Crippen LogP contribution in [0.5, 0.6) is 0 Å². The van der Waals surface area contributed by atoms with Gasteiger partial charge < -0.3 is 14.4 Å². The van der Waals surface area contributed by atoms with Crippen LogP contribution >= 0.6 is 22.9 Å². The van der Waals surface area contributed by atoms with Gasteiger partial charge in [0.05, 0.1) is 10.6 Å². The molecule has 9 heteroatoms. The normalized spacial score (nSPS) is 13.0. The highest BCUT2D eigenvalue weighted by molar-refractivity contribution is 7.79. The molecule has 6 nitrogen and oxygen atoms in total. The van der Waals surface area contributed by atoms with E-state index in [4.69, 9.17) is 16.1 Å². The van der Waals surface area contributed by atoms with Gasteiger partial charge in [-0.1, -0.05) is 97.1 Å². The van der Waals surface area contributed by atoms with Crippen LogP contribution in [0.1, 0.15) is 59.4 Å². The summed E-state index contributed by atoms with van der Waals surface area (Å²) >= 11 is 5.47. The number of hydrogen-bond donors (Lipinski definition) is 1. The molecule has 0 spiro atoms. The highest BCUT2D eigenvalue weighted by Gasteiger charge is 2.22. The zero-order valence-corrected chi connectivity index (χ0v) is 26.5. The summed E-state index contributed by atoms with van der Waals surface area (Å²) in [6, 6.07) is 27.9. The van der Waals surface area contributed by atoms with E-state index in [1.807, 2.05) is 42.5 Å². The minimum absolute atomic E-state index is 0.0369. The van der Waals surface area contributed by atoms with Gasteiger partial charge in [-0.05, 0) is 75.4 Å². The molecule has 0 aliphatic heterocycles. The van der Waals surface area contributed by atoms with Crippen molar-refractivity contribution in [3.8, 4) is 21.8 Å². The third-order valence-electron chi connectivity index (χ3n) is 7.29. The Hall–Kier alpha value is -3.56. The van der Waals surface area contributed by atoms with E-state index in [9.17, 15) is 13.6 Å². The van der Waals surface area contributed by atoms with Crippen molar-refractivity contribution in [2.45, 2.75) is 38.5 Å². The topological polar surface area (TPSA) is 95.3 Å². The molecule has 2 atom stereocenters. The van der Waals surface area contributed by atoms with Gasteiger partial charge in [-0.25, -0.2) is 0 Å². The number of carbonyl (C=O) groups is 1. The van der Waals surface area contributed by atoms with Gasteiger partial charge in [-0.2, -0.15) is 0 Å². The number of rotatable bonds is 10. The van der Waals surface area contributed by atoms with Crippen molar-refractivity contribution >= 4 is 39.9 Å². The van der Waals surface area contributed by atoms with E-state index in [0.717, 1.165) is 32.8 Å². The molecule has 0 aliphatic rings. The van der Waals surface area contributed by atoms with Crippen LogP contribution in [0.15, 0.2) is 94.8 Å². The summed E-state index contributed by atoms with van der Waals surface area (Å²) in [5.41, 5.74) is 6.92. The van der Waals surface area contributed by atoms with Crippen LogP contribution < -0.4 is 5.32 Å². The third-order valence-corrected chi connectivity index (χ3v) is 9.03. The third kappa shape index (κ3) is 7.89.